The van der Waals surface area contributed by atoms with Crippen LogP contribution in [-0.2, 0) is 15.0 Å². The predicted octanol–water partition coefficient (Wildman–Crippen LogP) is -3.65. The molecule has 0 aromatic heterocycles. The molecule has 0 spiro atoms. The molecule has 6 nitrogen and oxygen atoms in total. The molecule has 0 bridgehead atoms. The molecule has 0 fully saturated rings. The molecule has 0 atom stereocenters. The third-order valence-electron chi connectivity index (χ3n) is 0.0791. The van der Waals surface area contributed by atoms with Crippen molar-refractivity contribution in [1.82, 2.24) is 0 Å². The van der Waals surface area contributed by atoms with Gasteiger partial charge in [0.05, 0.1) is 0 Å². The second kappa shape index (κ2) is 50.8. The Bertz CT molecular complexity index is 86.4. The molecule has 0 aromatic rings. The third kappa shape index (κ3) is 64.5. The standard InChI is InChI=1S/2CN.Fe.K.4H2O/c2*1-2;;;;;;/h;;;;4*1H2. The molecule has 10 heavy (non-hydrogen) atoms. The summed E-state index contributed by atoms with van der Waals surface area (Å²) in [5.74, 6) is 0. The SMILES string of the molecule is N#[C][Fe][C]#N.O.O.O.O.[K]. The molecule has 0 aliphatic rings. The molecule has 8 N–H and O–H groups in total. The normalized spacial score (nSPS) is 2.60. The van der Waals surface area contributed by atoms with Gasteiger partial charge in [0.15, 0.2) is 0 Å². The smallest absolute Gasteiger partial charge is 0 e. The van der Waals surface area contributed by atoms with Crippen molar-refractivity contribution in [1.29, 1.82) is 10.5 Å². The topological polar surface area (TPSA) is 174 Å². The van der Waals surface area contributed by atoms with E-state index in [9.17, 15) is 0 Å². The van der Waals surface area contributed by atoms with Crippen molar-refractivity contribution in [2.45, 2.75) is 0 Å². The van der Waals surface area contributed by atoms with Crippen LogP contribution in [0.2, 0.25) is 0 Å². The molecule has 0 heterocycles. The first kappa shape index (κ1) is 44.1. The van der Waals surface area contributed by atoms with E-state index in [1.54, 1.807) is 9.94 Å². The number of nitrogens with zero attached hydrogens (tertiary/aromatic N) is 2. The summed E-state index contributed by atoms with van der Waals surface area (Å²) in [7, 11) is 0. The minimum Gasteiger partial charge on any atom is -0.412 e. The quantitative estimate of drug-likeness (QED) is 0.382. The largest absolute Gasteiger partial charge is 0.412 e. The maximum atomic E-state index is 7.59. The summed E-state index contributed by atoms with van der Waals surface area (Å²) in [6, 6.07) is 0. The minimum absolute atomic E-state index is 0. The van der Waals surface area contributed by atoms with Gasteiger partial charge in [-0.2, -0.15) is 0 Å². The monoisotopic (exact) mass is 219 g/mol. The third-order valence-corrected chi connectivity index (χ3v) is 0.326. The fraction of sp³-hybridized carbons (Fsp3) is 0. The van der Waals surface area contributed by atoms with E-state index in [1.165, 1.54) is 0 Å². The number of hydrogen-bond donors (Lipinski definition) is 0. The molecule has 1 radical (unpaired) electrons. The molecule has 0 amide bonds. The van der Waals surface area contributed by atoms with E-state index < -0.39 is 0 Å². The Labute approximate surface area is 107 Å². The first-order valence-electron chi connectivity index (χ1n) is 0.801. The van der Waals surface area contributed by atoms with Crippen LogP contribution in [0.4, 0.5) is 0 Å². The van der Waals surface area contributed by atoms with Crippen molar-refractivity contribution in [3.63, 3.8) is 0 Å². The molecule has 0 saturated carbocycles. The molecule has 8 heteroatoms. The molecule has 59 valence electrons. The van der Waals surface area contributed by atoms with Crippen LogP contribution >= 0.6 is 0 Å². The van der Waals surface area contributed by atoms with Crippen LogP contribution in [0.5, 0.6) is 0 Å². The van der Waals surface area contributed by atoms with Crippen LogP contribution in [0.15, 0.2) is 0 Å². The van der Waals surface area contributed by atoms with Crippen LogP contribution in [0.3, 0.4) is 0 Å². The Morgan fingerprint density at radius 1 is 0.800 bits per heavy atom. The summed E-state index contributed by atoms with van der Waals surface area (Å²) in [5.41, 5.74) is 0. The molecule has 0 saturated heterocycles. The van der Waals surface area contributed by atoms with Gasteiger partial charge in [0.2, 0.25) is 0 Å². The number of nitriles is 2. The molecular formula is C2H8FeKN2O4. The first-order chi connectivity index (χ1) is 2.41. The van der Waals surface area contributed by atoms with E-state index in [4.69, 9.17) is 10.5 Å². The van der Waals surface area contributed by atoms with Crippen LogP contribution < -0.4 is 0 Å². The van der Waals surface area contributed by atoms with Gasteiger partial charge in [0, 0.05) is 51.4 Å². The van der Waals surface area contributed by atoms with E-state index in [-0.39, 0.29) is 88.2 Å². The molecule has 0 aromatic carbocycles. The Morgan fingerprint density at radius 2 is 1.00 bits per heavy atom. The van der Waals surface area contributed by atoms with Gasteiger partial charge < -0.3 is 21.9 Å². The zero-order valence-electron chi connectivity index (χ0n) is 5.25. The Kier molecular flexibility index (Phi) is 224. The van der Waals surface area contributed by atoms with E-state index in [2.05, 4.69) is 0 Å². The molecule has 0 aliphatic carbocycles. The Hall–Kier alpha value is 0.976. The maximum Gasteiger partial charge on any atom is 0 e. The Morgan fingerprint density at radius 3 is 1.00 bits per heavy atom. The fourth-order valence-electron chi connectivity index (χ4n) is 0.0177. The zero-order valence-corrected chi connectivity index (χ0v) is 9.48. The summed E-state index contributed by atoms with van der Waals surface area (Å²) >= 11 is 0. The van der Waals surface area contributed by atoms with Crippen molar-refractivity contribution in [2.24, 2.45) is 0 Å². The summed E-state index contributed by atoms with van der Waals surface area (Å²) in [6.07, 6.45) is 0. The summed E-state index contributed by atoms with van der Waals surface area (Å²) in [6.45, 7) is 0. The van der Waals surface area contributed by atoms with E-state index >= 15 is 0 Å². The van der Waals surface area contributed by atoms with Crippen molar-refractivity contribution in [2.75, 3.05) is 0 Å². The minimum atomic E-state index is 0. The van der Waals surface area contributed by atoms with Gasteiger partial charge in [0.1, 0.15) is 0 Å². The van der Waals surface area contributed by atoms with E-state index in [0.29, 0.717) is 0 Å². The van der Waals surface area contributed by atoms with Crippen molar-refractivity contribution in [3.8, 4) is 9.94 Å². The molecule has 0 rings (SSSR count). The predicted molar refractivity (Wildman–Crippen MR) is 31.4 cm³/mol. The number of hydrogen-bond acceptors (Lipinski definition) is 2. The second-order valence-electron chi connectivity index (χ2n) is 0.247. The number of rotatable bonds is 0. The van der Waals surface area contributed by atoms with Gasteiger partial charge in [-0.05, 0) is 0 Å². The van der Waals surface area contributed by atoms with Crippen LogP contribution in [0.25, 0.3) is 0 Å². The fourth-order valence-corrected chi connectivity index (χ4v) is 0.0729. The summed E-state index contributed by atoms with van der Waals surface area (Å²) in [4.78, 5) is 3.31. The van der Waals surface area contributed by atoms with Crippen molar-refractivity contribution >= 4 is 51.4 Å². The first-order valence-corrected chi connectivity index (χ1v) is 1.90. The van der Waals surface area contributed by atoms with E-state index in [1.807, 2.05) is 0 Å². The molecule has 0 aliphatic heterocycles. The maximum absolute atomic E-state index is 7.59. The Balaban J connectivity index is -0.00000000800. The van der Waals surface area contributed by atoms with E-state index in [0.717, 1.165) is 0 Å². The van der Waals surface area contributed by atoms with Crippen LogP contribution in [0.1, 0.15) is 0 Å². The van der Waals surface area contributed by atoms with Gasteiger partial charge in [-0.1, -0.05) is 0 Å². The van der Waals surface area contributed by atoms with Crippen LogP contribution in [0, 0.1) is 20.5 Å². The summed E-state index contributed by atoms with van der Waals surface area (Å²) < 4.78 is 0. The van der Waals surface area contributed by atoms with Crippen molar-refractivity contribution in [3.05, 3.63) is 0 Å². The van der Waals surface area contributed by atoms with Crippen LogP contribution in [-0.4, -0.2) is 73.3 Å². The van der Waals surface area contributed by atoms with Gasteiger partial charge >= 0.3 is 35.4 Å². The molecular weight excluding hydrogens is 211 g/mol. The van der Waals surface area contributed by atoms with Gasteiger partial charge in [-0.15, -0.1) is 0 Å². The molecule has 0 unspecified atom stereocenters. The van der Waals surface area contributed by atoms with Gasteiger partial charge in [0.25, 0.3) is 0 Å². The average molecular weight is 219 g/mol. The second-order valence-corrected chi connectivity index (χ2v) is 1.02. The average Bonchev–Trinajstić information content (AvgIpc) is 1.41. The van der Waals surface area contributed by atoms with Gasteiger partial charge in [-0.3, -0.25) is 0 Å². The zero-order chi connectivity index (χ0) is 4.12. The van der Waals surface area contributed by atoms with Crippen molar-refractivity contribution < 1.29 is 36.9 Å². The van der Waals surface area contributed by atoms with Gasteiger partial charge in [-0.25, -0.2) is 0 Å². The summed E-state index contributed by atoms with van der Waals surface area (Å²) in [5, 5.41) is 15.2.